The molecule has 1 aliphatic rings. The average Bonchev–Trinajstić information content (AvgIpc) is 3.01. The van der Waals surface area contributed by atoms with Crippen molar-refractivity contribution in [3.63, 3.8) is 0 Å². The van der Waals surface area contributed by atoms with E-state index in [0.29, 0.717) is 5.92 Å². The third-order valence-electron chi connectivity index (χ3n) is 3.63. The van der Waals surface area contributed by atoms with Crippen LogP contribution in [-0.2, 0) is 0 Å². The van der Waals surface area contributed by atoms with Gasteiger partial charge in [0.05, 0.1) is 0 Å². The predicted molar refractivity (Wildman–Crippen MR) is 75.0 cm³/mol. The highest BCUT2D eigenvalue weighted by Gasteiger charge is 2.28. The van der Waals surface area contributed by atoms with E-state index in [0.717, 1.165) is 25.1 Å². The summed E-state index contributed by atoms with van der Waals surface area (Å²) in [5.41, 5.74) is 1.07. The molecular formula is C16H17FN2O. The second kappa shape index (κ2) is 6.01. The SMILES string of the molecule is Fc1ncccc1OC(c1ccccc1)C1CCNC1. The number of hydrogen-bond donors (Lipinski definition) is 1. The average molecular weight is 272 g/mol. The van der Waals surface area contributed by atoms with Crippen molar-refractivity contribution in [1.82, 2.24) is 10.3 Å². The van der Waals surface area contributed by atoms with Crippen LogP contribution < -0.4 is 10.1 Å². The molecule has 1 saturated heterocycles. The Kier molecular flexibility index (Phi) is 3.92. The number of pyridine rings is 1. The fourth-order valence-corrected chi connectivity index (χ4v) is 2.61. The molecule has 1 fully saturated rings. The van der Waals surface area contributed by atoms with Crippen molar-refractivity contribution in [2.45, 2.75) is 12.5 Å². The number of aromatic nitrogens is 1. The summed E-state index contributed by atoms with van der Waals surface area (Å²) in [6.45, 7) is 1.87. The molecule has 0 aliphatic carbocycles. The molecule has 0 spiro atoms. The molecule has 0 saturated carbocycles. The predicted octanol–water partition coefficient (Wildman–Crippen LogP) is 2.95. The lowest BCUT2D eigenvalue weighted by molar-refractivity contribution is 0.136. The van der Waals surface area contributed by atoms with Gasteiger partial charge < -0.3 is 10.1 Å². The molecule has 3 nitrogen and oxygen atoms in total. The first-order valence-corrected chi connectivity index (χ1v) is 6.87. The lowest BCUT2D eigenvalue weighted by atomic mass is 9.95. The Hall–Kier alpha value is -1.94. The van der Waals surface area contributed by atoms with Crippen LogP contribution in [0.2, 0.25) is 0 Å². The van der Waals surface area contributed by atoms with Gasteiger partial charge in [-0.15, -0.1) is 0 Å². The molecule has 2 heterocycles. The zero-order valence-electron chi connectivity index (χ0n) is 11.1. The summed E-state index contributed by atoms with van der Waals surface area (Å²) < 4.78 is 19.6. The van der Waals surface area contributed by atoms with Gasteiger partial charge in [-0.05, 0) is 30.7 Å². The minimum absolute atomic E-state index is 0.148. The Bertz CT molecular complexity index is 555. The highest BCUT2D eigenvalue weighted by atomic mass is 19.1. The van der Waals surface area contributed by atoms with Crippen LogP contribution in [-0.4, -0.2) is 18.1 Å². The summed E-state index contributed by atoms with van der Waals surface area (Å²) in [5, 5.41) is 3.33. The van der Waals surface area contributed by atoms with E-state index in [1.54, 1.807) is 12.1 Å². The zero-order chi connectivity index (χ0) is 13.8. The van der Waals surface area contributed by atoms with Crippen LogP contribution in [0, 0.1) is 11.9 Å². The lowest BCUT2D eigenvalue weighted by Crippen LogP contribution is -2.21. The van der Waals surface area contributed by atoms with Crippen molar-refractivity contribution < 1.29 is 9.13 Å². The standard InChI is InChI=1S/C16H17FN2O/c17-16-14(7-4-9-19-16)20-15(13-8-10-18-11-13)12-5-2-1-3-6-12/h1-7,9,13,15,18H,8,10-11H2. The normalized spacial score (nSPS) is 19.8. The first-order chi connectivity index (χ1) is 9.84. The Morgan fingerprint density at radius 2 is 2.05 bits per heavy atom. The molecule has 20 heavy (non-hydrogen) atoms. The van der Waals surface area contributed by atoms with E-state index in [9.17, 15) is 4.39 Å². The third kappa shape index (κ3) is 2.80. The number of rotatable bonds is 4. The van der Waals surface area contributed by atoms with Gasteiger partial charge in [0, 0.05) is 18.7 Å². The maximum Gasteiger partial charge on any atom is 0.255 e. The van der Waals surface area contributed by atoms with Crippen molar-refractivity contribution in [2.75, 3.05) is 13.1 Å². The molecule has 3 rings (SSSR count). The minimum atomic E-state index is -0.556. The molecule has 104 valence electrons. The topological polar surface area (TPSA) is 34.1 Å². The van der Waals surface area contributed by atoms with E-state index in [2.05, 4.69) is 10.3 Å². The number of nitrogens with one attached hydrogen (secondary N) is 1. The number of ether oxygens (including phenoxy) is 1. The maximum absolute atomic E-state index is 13.7. The van der Waals surface area contributed by atoms with E-state index >= 15 is 0 Å². The molecule has 1 aliphatic heterocycles. The Morgan fingerprint density at radius 3 is 2.75 bits per heavy atom. The molecule has 4 heteroatoms. The fourth-order valence-electron chi connectivity index (χ4n) is 2.61. The Labute approximate surface area is 117 Å². The highest BCUT2D eigenvalue weighted by Crippen LogP contribution is 2.32. The second-order valence-electron chi connectivity index (χ2n) is 4.99. The highest BCUT2D eigenvalue weighted by molar-refractivity contribution is 5.24. The van der Waals surface area contributed by atoms with Crippen molar-refractivity contribution in [1.29, 1.82) is 0 Å². The number of halogens is 1. The number of hydrogen-bond acceptors (Lipinski definition) is 3. The van der Waals surface area contributed by atoms with Gasteiger partial charge >= 0.3 is 0 Å². The molecule has 1 aromatic heterocycles. The Morgan fingerprint density at radius 1 is 1.20 bits per heavy atom. The summed E-state index contributed by atoms with van der Waals surface area (Å²) in [6.07, 6.45) is 2.31. The largest absolute Gasteiger partial charge is 0.481 e. The summed E-state index contributed by atoms with van der Waals surface area (Å²) in [6, 6.07) is 13.3. The van der Waals surface area contributed by atoms with E-state index in [-0.39, 0.29) is 11.9 Å². The first-order valence-electron chi connectivity index (χ1n) is 6.87. The van der Waals surface area contributed by atoms with Crippen molar-refractivity contribution in [3.8, 4) is 5.75 Å². The number of benzene rings is 1. The molecule has 2 unspecified atom stereocenters. The monoisotopic (exact) mass is 272 g/mol. The van der Waals surface area contributed by atoms with Gasteiger partial charge in [-0.3, -0.25) is 0 Å². The maximum atomic E-state index is 13.7. The molecule has 2 atom stereocenters. The van der Waals surface area contributed by atoms with Crippen LogP contribution in [0.5, 0.6) is 5.75 Å². The lowest BCUT2D eigenvalue weighted by Gasteiger charge is -2.24. The second-order valence-corrected chi connectivity index (χ2v) is 4.99. The molecular weight excluding hydrogens is 255 g/mol. The van der Waals surface area contributed by atoms with Gasteiger partial charge in [-0.1, -0.05) is 30.3 Å². The first kappa shape index (κ1) is 13.1. The Balaban J connectivity index is 1.88. The van der Waals surface area contributed by atoms with E-state index in [4.69, 9.17) is 4.74 Å². The van der Waals surface area contributed by atoms with Gasteiger partial charge in [0.1, 0.15) is 6.10 Å². The van der Waals surface area contributed by atoms with Crippen molar-refractivity contribution >= 4 is 0 Å². The molecule has 0 amide bonds. The van der Waals surface area contributed by atoms with Crippen molar-refractivity contribution in [2.24, 2.45) is 5.92 Å². The third-order valence-corrected chi connectivity index (χ3v) is 3.63. The molecule has 1 aromatic carbocycles. The van der Waals surface area contributed by atoms with Crippen LogP contribution in [0.3, 0.4) is 0 Å². The molecule has 1 N–H and O–H groups in total. The van der Waals surface area contributed by atoms with Gasteiger partial charge in [0.15, 0.2) is 5.75 Å². The van der Waals surface area contributed by atoms with E-state index in [1.165, 1.54) is 6.20 Å². The van der Waals surface area contributed by atoms with E-state index in [1.807, 2.05) is 30.3 Å². The van der Waals surface area contributed by atoms with Crippen LogP contribution in [0.4, 0.5) is 4.39 Å². The van der Waals surface area contributed by atoms with Crippen LogP contribution in [0.1, 0.15) is 18.1 Å². The van der Waals surface area contributed by atoms with Crippen LogP contribution in [0.25, 0.3) is 0 Å². The zero-order valence-corrected chi connectivity index (χ0v) is 11.1. The van der Waals surface area contributed by atoms with Gasteiger partial charge in [-0.2, -0.15) is 4.39 Å². The summed E-state index contributed by atoms with van der Waals surface area (Å²) in [4.78, 5) is 3.65. The van der Waals surface area contributed by atoms with Crippen molar-refractivity contribution in [3.05, 3.63) is 60.2 Å². The van der Waals surface area contributed by atoms with Crippen LogP contribution >= 0.6 is 0 Å². The summed E-state index contributed by atoms with van der Waals surface area (Å²) >= 11 is 0. The summed E-state index contributed by atoms with van der Waals surface area (Å²) in [5.74, 6) is 0.00430. The number of nitrogens with zero attached hydrogens (tertiary/aromatic N) is 1. The quantitative estimate of drug-likeness (QED) is 0.869. The molecule has 2 aromatic rings. The van der Waals surface area contributed by atoms with Gasteiger partial charge in [0.25, 0.3) is 5.95 Å². The van der Waals surface area contributed by atoms with Gasteiger partial charge in [-0.25, -0.2) is 4.98 Å². The smallest absolute Gasteiger partial charge is 0.255 e. The summed E-state index contributed by atoms with van der Waals surface area (Å²) in [7, 11) is 0. The van der Waals surface area contributed by atoms with Gasteiger partial charge in [0.2, 0.25) is 0 Å². The minimum Gasteiger partial charge on any atom is -0.481 e. The molecule has 0 radical (unpaired) electrons. The fraction of sp³-hybridized carbons (Fsp3) is 0.312. The van der Waals surface area contributed by atoms with Crippen LogP contribution in [0.15, 0.2) is 48.7 Å². The van der Waals surface area contributed by atoms with E-state index < -0.39 is 5.95 Å². The molecule has 0 bridgehead atoms.